The second-order valence-electron chi connectivity index (χ2n) is 2.36. The van der Waals surface area contributed by atoms with E-state index in [-0.39, 0.29) is 12.0 Å². The van der Waals surface area contributed by atoms with E-state index in [1.54, 1.807) is 6.92 Å². The van der Waals surface area contributed by atoms with E-state index in [2.05, 4.69) is 14.7 Å². The van der Waals surface area contributed by atoms with Gasteiger partial charge in [-0.1, -0.05) is 0 Å². The first-order valence-electron chi connectivity index (χ1n) is 3.92. The Labute approximate surface area is 74.8 Å². The second-order valence-corrected chi connectivity index (χ2v) is 2.36. The molecule has 0 aliphatic rings. The van der Waals surface area contributed by atoms with E-state index < -0.39 is 5.97 Å². The Kier molecular flexibility index (Phi) is 3.19. The Balaban J connectivity index is 2.64. The summed E-state index contributed by atoms with van der Waals surface area (Å²) in [6.07, 6.45) is 1.36. The summed E-state index contributed by atoms with van der Waals surface area (Å²) in [6.45, 7) is 2.05. The summed E-state index contributed by atoms with van der Waals surface area (Å²) in [4.78, 5) is 28.0. The number of carbonyl (C=O) groups is 1. The molecular formula is C8H10N2O3. The van der Waals surface area contributed by atoms with Gasteiger partial charge >= 0.3 is 5.97 Å². The Hall–Kier alpha value is -1.65. The van der Waals surface area contributed by atoms with Gasteiger partial charge in [-0.2, -0.15) is 0 Å². The van der Waals surface area contributed by atoms with Gasteiger partial charge in [-0.25, -0.2) is 4.98 Å². The number of nitrogens with one attached hydrogen (secondary N) is 1. The predicted molar refractivity (Wildman–Crippen MR) is 45.2 cm³/mol. The van der Waals surface area contributed by atoms with Crippen LogP contribution in [0.15, 0.2) is 17.1 Å². The molecule has 5 heteroatoms. The van der Waals surface area contributed by atoms with E-state index in [1.165, 1.54) is 12.3 Å². The number of aromatic amines is 1. The normalized spacial score (nSPS) is 9.62. The zero-order valence-corrected chi connectivity index (χ0v) is 7.24. The Morgan fingerprint density at radius 3 is 3.08 bits per heavy atom. The Morgan fingerprint density at radius 1 is 1.69 bits per heavy atom. The number of hydrogen-bond donors (Lipinski definition) is 1. The van der Waals surface area contributed by atoms with Crippen molar-refractivity contribution in [3.8, 4) is 0 Å². The minimum atomic E-state index is -0.392. The molecule has 0 radical (unpaired) electrons. The average Bonchev–Trinajstić information content (AvgIpc) is 2.04. The zero-order valence-electron chi connectivity index (χ0n) is 7.24. The lowest BCUT2D eigenvalue weighted by Crippen LogP contribution is -2.14. The van der Waals surface area contributed by atoms with Gasteiger partial charge in [0.1, 0.15) is 12.2 Å². The van der Waals surface area contributed by atoms with Crippen molar-refractivity contribution in [2.24, 2.45) is 0 Å². The molecule has 0 aromatic carbocycles. The SMILES string of the molecule is CCOC(=O)Cc1nccc(=O)[nH]1. The summed E-state index contributed by atoms with van der Waals surface area (Å²) in [7, 11) is 0. The van der Waals surface area contributed by atoms with Gasteiger partial charge in [-0.05, 0) is 6.92 Å². The largest absolute Gasteiger partial charge is 0.466 e. The molecule has 1 N–H and O–H groups in total. The highest BCUT2D eigenvalue weighted by atomic mass is 16.5. The Morgan fingerprint density at radius 2 is 2.46 bits per heavy atom. The van der Waals surface area contributed by atoms with Gasteiger partial charge in [0, 0.05) is 12.3 Å². The molecule has 0 aliphatic carbocycles. The van der Waals surface area contributed by atoms with Crippen LogP contribution in [-0.2, 0) is 16.0 Å². The van der Waals surface area contributed by atoms with E-state index in [0.717, 1.165) is 0 Å². The van der Waals surface area contributed by atoms with Crippen LogP contribution in [0.5, 0.6) is 0 Å². The van der Waals surface area contributed by atoms with Gasteiger partial charge in [-0.3, -0.25) is 9.59 Å². The topological polar surface area (TPSA) is 72.0 Å². The van der Waals surface area contributed by atoms with Gasteiger partial charge in [0.15, 0.2) is 0 Å². The van der Waals surface area contributed by atoms with Crippen molar-refractivity contribution in [3.63, 3.8) is 0 Å². The van der Waals surface area contributed by atoms with Crippen LogP contribution in [0.25, 0.3) is 0 Å². The van der Waals surface area contributed by atoms with Crippen molar-refractivity contribution < 1.29 is 9.53 Å². The van der Waals surface area contributed by atoms with Gasteiger partial charge in [0.05, 0.1) is 6.61 Å². The summed E-state index contributed by atoms with van der Waals surface area (Å²) >= 11 is 0. The number of esters is 1. The van der Waals surface area contributed by atoms with Crippen molar-refractivity contribution in [1.29, 1.82) is 0 Å². The van der Waals surface area contributed by atoms with E-state index >= 15 is 0 Å². The number of nitrogens with zero attached hydrogens (tertiary/aromatic N) is 1. The maximum atomic E-state index is 10.9. The molecule has 1 aromatic heterocycles. The van der Waals surface area contributed by atoms with Gasteiger partial charge in [-0.15, -0.1) is 0 Å². The van der Waals surface area contributed by atoms with Crippen molar-refractivity contribution in [3.05, 3.63) is 28.4 Å². The molecule has 70 valence electrons. The summed E-state index contributed by atoms with van der Waals surface area (Å²) < 4.78 is 4.68. The molecule has 1 rings (SSSR count). The third-order valence-electron chi connectivity index (χ3n) is 1.34. The molecule has 0 amide bonds. The molecule has 0 aliphatic heterocycles. The van der Waals surface area contributed by atoms with Crippen LogP contribution in [0.4, 0.5) is 0 Å². The van der Waals surface area contributed by atoms with E-state index in [0.29, 0.717) is 12.4 Å². The molecule has 1 heterocycles. The summed E-state index contributed by atoms with van der Waals surface area (Å²) in [6, 6.07) is 1.29. The van der Waals surface area contributed by atoms with Crippen LogP contribution in [0.3, 0.4) is 0 Å². The number of aromatic nitrogens is 2. The van der Waals surface area contributed by atoms with Crippen molar-refractivity contribution in [2.75, 3.05) is 6.61 Å². The van der Waals surface area contributed by atoms with Crippen LogP contribution in [0.2, 0.25) is 0 Å². The molecule has 0 bridgehead atoms. The minimum Gasteiger partial charge on any atom is -0.466 e. The first-order chi connectivity index (χ1) is 6.22. The first-order valence-corrected chi connectivity index (χ1v) is 3.92. The van der Waals surface area contributed by atoms with Crippen LogP contribution >= 0.6 is 0 Å². The molecular weight excluding hydrogens is 172 g/mol. The van der Waals surface area contributed by atoms with E-state index in [4.69, 9.17) is 0 Å². The predicted octanol–water partition coefficient (Wildman–Crippen LogP) is -0.124. The third kappa shape index (κ3) is 3.06. The highest BCUT2D eigenvalue weighted by Gasteiger charge is 2.04. The fraction of sp³-hybridized carbons (Fsp3) is 0.375. The quantitative estimate of drug-likeness (QED) is 0.661. The Bertz CT molecular complexity index is 345. The highest BCUT2D eigenvalue weighted by Crippen LogP contribution is 1.89. The average molecular weight is 182 g/mol. The van der Waals surface area contributed by atoms with Crippen molar-refractivity contribution in [2.45, 2.75) is 13.3 Å². The van der Waals surface area contributed by atoms with Crippen LogP contribution < -0.4 is 5.56 Å². The number of carbonyl (C=O) groups excluding carboxylic acids is 1. The smallest absolute Gasteiger partial charge is 0.313 e. The number of ether oxygens (including phenoxy) is 1. The lowest BCUT2D eigenvalue weighted by Gasteiger charge is -1.99. The fourth-order valence-corrected chi connectivity index (χ4v) is 0.850. The molecule has 1 aromatic rings. The molecule has 0 saturated heterocycles. The van der Waals surface area contributed by atoms with Gasteiger partial charge in [0.2, 0.25) is 0 Å². The maximum absolute atomic E-state index is 10.9. The summed E-state index contributed by atoms with van der Waals surface area (Å²) in [5, 5.41) is 0. The maximum Gasteiger partial charge on any atom is 0.313 e. The van der Waals surface area contributed by atoms with Crippen LogP contribution in [0.1, 0.15) is 12.7 Å². The molecule has 0 atom stereocenters. The molecule has 13 heavy (non-hydrogen) atoms. The zero-order chi connectivity index (χ0) is 9.68. The van der Waals surface area contributed by atoms with Gasteiger partial charge < -0.3 is 9.72 Å². The van der Waals surface area contributed by atoms with Crippen LogP contribution in [0, 0.1) is 0 Å². The summed E-state index contributed by atoms with van der Waals surface area (Å²) in [5.41, 5.74) is -0.269. The highest BCUT2D eigenvalue weighted by molar-refractivity contribution is 5.71. The van der Waals surface area contributed by atoms with Gasteiger partial charge in [0.25, 0.3) is 5.56 Å². The molecule has 0 unspecified atom stereocenters. The lowest BCUT2D eigenvalue weighted by molar-refractivity contribution is -0.142. The van der Waals surface area contributed by atoms with E-state index in [1.807, 2.05) is 0 Å². The number of rotatable bonds is 3. The first kappa shape index (κ1) is 9.44. The number of H-pyrrole nitrogens is 1. The minimum absolute atomic E-state index is 0.00389. The second kappa shape index (κ2) is 4.39. The lowest BCUT2D eigenvalue weighted by atomic mass is 10.4. The molecule has 0 fully saturated rings. The monoisotopic (exact) mass is 182 g/mol. The van der Waals surface area contributed by atoms with Crippen molar-refractivity contribution in [1.82, 2.24) is 9.97 Å². The van der Waals surface area contributed by atoms with Crippen molar-refractivity contribution >= 4 is 5.97 Å². The number of hydrogen-bond acceptors (Lipinski definition) is 4. The molecule has 0 saturated carbocycles. The molecule has 0 spiro atoms. The van der Waals surface area contributed by atoms with E-state index in [9.17, 15) is 9.59 Å². The third-order valence-corrected chi connectivity index (χ3v) is 1.34. The standard InChI is InChI=1S/C8H10N2O3/c1-2-13-8(12)5-6-9-4-3-7(11)10-6/h3-4H,2,5H2,1H3,(H,9,10,11). The van der Waals surface area contributed by atoms with Crippen LogP contribution in [-0.4, -0.2) is 22.5 Å². The fourth-order valence-electron chi connectivity index (χ4n) is 0.850. The summed E-state index contributed by atoms with van der Waals surface area (Å²) in [5.74, 6) is -0.0669. The molecule has 5 nitrogen and oxygen atoms in total.